The molecule has 0 aliphatic heterocycles. The molecule has 1 amide bonds. The fourth-order valence-corrected chi connectivity index (χ4v) is 1.95. The molecule has 0 saturated heterocycles. The molecule has 0 bridgehead atoms. The van der Waals surface area contributed by atoms with Crippen molar-refractivity contribution in [3.8, 4) is 0 Å². The van der Waals surface area contributed by atoms with Gasteiger partial charge in [-0.2, -0.15) is 0 Å². The van der Waals surface area contributed by atoms with E-state index in [1.54, 1.807) is 32.0 Å². The Labute approximate surface area is 112 Å². The lowest BCUT2D eigenvalue weighted by atomic mass is 9.96. The van der Waals surface area contributed by atoms with Gasteiger partial charge in [0, 0.05) is 0 Å². The summed E-state index contributed by atoms with van der Waals surface area (Å²) in [7, 11) is 0. The Hall–Kier alpha value is -1.88. The highest BCUT2D eigenvalue weighted by atomic mass is 16.4. The van der Waals surface area contributed by atoms with Crippen molar-refractivity contribution in [3.63, 3.8) is 0 Å². The van der Waals surface area contributed by atoms with Crippen LogP contribution in [-0.2, 0) is 4.79 Å². The van der Waals surface area contributed by atoms with E-state index in [1.807, 2.05) is 6.92 Å². The van der Waals surface area contributed by atoms with Crippen LogP contribution >= 0.6 is 0 Å². The van der Waals surface area contributed by atoms with Gasteiger partial charge in [0.15, 0.2) is 0 Å². The highest BCUT2D eigenvalue weighted by molar-refractivity contribution is 6.04. The third-order valence-electron chi connectivity index (χ3n) is 3.02. The number of aromatic carboxylic acids is 1. The van der Waals surface area contributed by atoms with E-state index in [-0.39, 0.29) is 17.2 Å². The summed E-state index contributed by atoms with van der Waals surface area (Å²) >= 11 is 0. The zero-order valence-corrected chi connectivity index (χ0v) is 11.5. The molecule has 5 nitrogen and oxygen atoms in total. The van der Waals surface area contributed by atoms with Gasteiger partial charge in [0.05, 0.1) is 16.8 Å². The highest BCUT2D eigenvalue weighted by Crippen LogP contribution is 2.21. The number of carbonyl (C=O) groups excluding carboxylic acids is 1. The number of carboxylic acids is 1. The molecule has 1 atom stereocenters. The number of hydrogen-bond acceptors (Lipinski definition) is 3. The number of nitrogens with two attached hydrogens (primary N) is 1. The SMILES string of the molecule is CCCC(C)(N)C(=O)Nc1cccc(C)c1C(=O)O. The normalized spacial score (nSPS) is 13.7. The number of benzene rings is 1. The predicted octanol–water partition coefficient (Wildman–Crippen LogP) is 2.15. The smallest absolute Gasteiger partial charge is 0.338 e. The molecule has 0 radical (unpaired) electrons. The minimum atomic E-state index is -1.07. The molecule has 0 aliphatic carbocycles. The molecule has 0 aliphatic rings. The zero-order chi connectivity index (χ0) is 14.6. The Morgan fingerprint density at radius 2 is 2.05 bits per heavy atom. The number of nitrogens with one attached hydrogen (secondary N) is 1. The van der Waals surface area contributed by atoms with E-state index in [1.165, 1.54) is 0 Å². The van der Waals surface area contributed by atoms with Crippen molar-refractivity contribution in [2.75, 3.05) is 5.32 Å². The molecule has 0 aromatic heterocycles. The summed E-state index contributed by atoms with van der Waals surface area (Å²) < 4.78 is 0. The van der Waals surface area contributed by atoms with Gasteiger partial charge in [0.2, 0.25) is 5.91 Å². The zero-order valence-electron chi connectivity index (χ0n) is 11.5. The number of carbonyl (C=O) groups is 2. The lowest BCUT2D eigenvalue weighted by molar-refractivity contribution is -0.120. The molecule has 4 N–H and O–H groups in total. The molecule has 1 unspecified atom stereocenters. The van der Waals surface area contributed by atoms with Crippen LogP contribution in [0.2, 0.25) is 0 Å². The molecule has 5 heteroatoms. The van der Waals surface area contributed by atoms with Gasteiger partial charge in [-0.15, -0.1) is 0 Å². The summed E-state index contributed by atoms with van der Waals surface area (Å²) in [6.45, 7) is 5.27. The van der Waals surface area contributed by atoms with Gasteiger partial charge in [-0.3, -0.25) is 4.79 Å². The van der Waals surface area contributed by atoms with E-state index in [0.717, 1.165) is 6.42 Å². The molecular weight excluding hydrogens is 244 g/mol. The topological polar surface area (TPSA) is 92.4 Å². The first-order valence-corrected chi connectivity index (χ1v) is 6.23. The standard InChI is InChI=1S/C14H20N2O3/c1-4-8-14(3,15)13(19)16-10-7-5-6-9(2)11(10)12(17)18/h5-7H,4,8,15H2,1-3H3,(H,16,19)(H,17,18). The van der Waals surface area contributed by atoms with Crippen LogP contribution in [0, 0.1) is 6.92 Å². The second kappa shape index (κ2) is 5.84. The van der Waals surface area contributed by atoms with Crippen molar-refractivity contribution in [1.82, 2.24) is 0 Å². The van der Waals surface area contributed by atoms with Crippen molar-refractivity contribution in [2.24, 2.45) is 5.73 Å². The van der Waals surface area contributed by atoms with Crippen molar-refractivity contribution in [2.45, 2.75) is 39.2 Å². The molecule has 0 saturated carbocycles. The van der Waals surface area contributed by atoms with Crippen LogP contribution in [0.1, 0.15) is 42.6 Å². The van der Waals surface area contributed by atoms with E-state index in [2.05, 4.69) is 5.32 Å². The van der Waals surface area contributed by atoms with Crippen molar-refractivity contribution in [1.29, 1.82) is 0 Å². The lowest BCUT2D eigenvalue weighted by Gasteiger charge is -2.23. The average molecular weight is 264 g/mol. The Morgan fingerprint density at radius 1 is 1.42 bits per heavy atom. The maximum absolute atomic E-state index is 12.1. The summed E-state index contributed by atoms with van der Waals surface area (Å²) in [5.74, 6) is -1.44. The Balaban J connectivity index is 3.04. The Kier molecular flexibility index (Phi) is 4.67. The molecule has 104 valence electrons. The number of amides is 1. The number of anilines is 1. The first-order valence-electron chi connectivity index (χ1n) is 6.23. The minimum absolute atomic E-state index is 0.100. The molecule has 0 heterocycles. The van der Waals surface area contributed by atoms with Crippen LogP contribution in [-0.4, -0.2) is 22.5 Å². The summed E-state index contributed by atoms with van der Waals surface area (Å²) in [6, 6.07) is 4.95. The van der Waals surface area contributed by atoms with Gasteiger partial charge >= 0.3 is 5.97 Å². The second-order valence-electron chi connectivity index (χ2n) is 4.92. The van der Waals surface area contributed by atoms with Crippen LogP contribution in [0.25, 0.3) is 0 Å². The van der Waals surface area contributed by atoms with Crippen LogP contribution in [0.15, 0.2) is 18.2 Å². The number of aryl methyl sites for hydroxylation is 1. The van der Waals surface area contributed by atoms with Gasteiger partial charge in [0.25, 0.3) is 0 Å². The molecule has 1 aromatic rings. The maximum Gasteiger partial charge on any atom is 0.338 e. The predicted molar refractivity (Wildman–Crippen MR) is 74.3 cm³/mol. The number of rotatable bonds is 5. The number of carboxylic acid groups (broad SMARTS) is 1. The van der Waals surface area contributed by atoms with Crippen molar-refractivity contribution in [3.05, 3.63) is 29.3 Å². The molecule has 0 spiro atoms. The maximum atomic E-state index is 12.1. The largest absolute Gasteiger partial charge is 0.478 e. The lowest BCUT2D eigenvalue weighted by Crippen LogP contribution is -2.48. The average Bonchev–Trinajstić information content (AvgIpc) is 2.28. The molecule has 19 heavy (non-hydrogen) atoms. The van der Waals surface area contributed by atoms with E-state index < -0.39 is 11.5 Å². The van der Waals surface area contributed by atoms with E-state index >= 15 is 0 Å². The molecule has 0 fully saturated rings. The van der Waals surface area contributed by atoms with Gasteiger partial charge in [-0.25, -0.2) is 4.79 Å². The summed E-state index contributed by atoms with van der Waals surface area (Å²) in [6.07, 6.45) is 1.31. The summed E-state index contributed by atoms with van der Waals surface area (Å²) in [5, 5.41) is 11.8. The van der Waals surface area contributed by atoms with Crippen molar-refractivity contribution >= 4 is 17.6 Å². The van der Waals surface area contributed by atoms with E-state index in [4.69, 9.17) is 5.73 Å². The Morgan fingerprint density at radius 3 is 2.58 bits per heavy atom. The van der Waals surface area contributed by atoms with Gasteiger partial charge in [-0.05, 0) is 31.9 Å². The molecule has 1 rings (SSSR count). The number of hydrogen-bond donors (Lipinski definition) is 3. The van der Waals surface area contributed by atoms with Crippen LogP contribution in [0.3, 0.4) is 0 Å². The minimum Gasteiger partial charge on any atom is -0.478 e. The van der Waals surface area contributed by atoms with E-state index in [0.29, 0.717) is 12.0 Å². The van der Waals surface area contributed by atoms with Gasteiger partial charge < -0.3 is 16.2 Å². The van der Waals surface area contributed by atoms with Gasteiger partial charge in [-0.1, -0.05) is 25.5 Å². The first-order chi connectivity index (χ1) is 8.79. The van der Waals surface area contributed by atoms with Crippen LogP contribution in [0.4, 0.5) is 5.69 Å². The van der Waals surface area contributed by atoms with Gasteiger partial charge in [0.1, 0.15) is 0 Å². The highest BCUT2D eigenvalue weighted by Gasteiger charge is 2.28. The molecular formula is C14H20N2O3. The quantitative estimate of drug-likeness (QED) is 0.759. The molecule has 1 aromatic carbocycles. The van der Waals surface area contributed by atoms with E-state index in [9.17, 15) is 14.7 Å². The third kappa shape index (κ3) is 3.54. The third-order valence-corrected chi connectivity index (χ3v) is 3.02. The fraction of sp³-hybridized carbons (Fsp3) is 0.429. The van der Waals surface area contributed by atoms with Crippen molar-refractivity contribution < 1.29 is 14.7 Å². The van der Waals surface area contributed by atoms with Crippen LogP contribution in [0.5, 0.6) is 0 Å². The van der Waals surface area contributed by atoms with Crippen LogP contribution < -0.4 is 11.1 Å². The monoisotopic (exact) mass is 264 g/mol. The summed E-state index contributed by atoms with van der Waals surface area (Å²) in [4.78, 5) is 23.3. The summed E-state index contributed by atoms with van der Waals surface area (Å²) in [5.41, 5.74) is 5.90. The fourth-order valence-electron chi connectivity index (χ4n) is 1.95. The Bertz CT molecular complexity index is 495. The second-order valence-corrected chi connectivity index (χ2v) is 4.92. The first kappa shape index (κ1) is 15.2.